The minimum absolute atomic E-state index is 0.0801. The van der Waals surface area contributed by atoms with E-state index in [2.05, 4.69) is 50.8 Å². The van der Waals surface area contributed by atoms with Crippen LogP contribution in [0.3, 0.4) is 0 Å². The van der Waals surface area contributed by atoms with Gasteiger partial charge in [-0.05, 0) is 81.0 Å². The Kier molecular flexibility index (Phi) is 10.1. The highest BCUT2D eigenvalue weighted by molar-refractivity contribution is 6.30. The summed E-state index contributed by atoms with van der Waals surface area (Å²) in [6, 6.07) is 15.8. The number of likely N-dealkylation sites (tertiary alicyclic amines) is 1. The van der Waals surface area contributed by atoms with Gasteiger partial charge >= 0.3 is 0 Å². The summed E-state index contributed by atoms with van der Waals surface area (Å²) in [5, 5.41) is 0.722. The highest BCUT2D eigenvalue weighted by Gasteiger charge is 2.30. The normalized spacial score (nSPS) is 16.7. The third-order valence-corrected chi connectivity index (χ3v) is 6.63. The van der Waals surface area contributed by atoms with E-state index in [1.165, 1.54) is 5.57 Å². The molecule has 0 radical (unpaired) electrons. The molecule has 3 rings (SSSR count). The van der Waals surface area contributed by atoms with Crippen LogP contribution < -0.4 is 15.4 Å². The molecule has 0 bridgehead atoms. The molecule has 2 aromatic rings. The molecule has 1 fully saturated rings. The van der Waals surface area contributed by atoms with Crippen LogP contribution in [-0.4, -0.2) is 42.5 Å². The monoisotopic (exact) mass is 497 g/mol. The van der Waals surface area contributed by atoms with Gasteiger partial charge in [0.25, 0.3) is 0 Å². The van der Waals surface area contributed by atoms with Crippen molar-refractivity contribution in [1.82, 2.24) is 4.90 Å². The molecule has 1 unspecified atom stereocenters. The molecule has 5 nitrogen and oxygen atoms in total. The van der Waals surface area contributed by atoms with E-state index >= 15 is 0 Å². The second kappa shape index (κ2) is 13.0. The molecular weight excluding hydrogens is 458 g/mol. The Balaban J connectivity index is 1.70. The predicted octanol–water partition coefficient (Wildman–Crippen LogP) is 6.06. The summed E-state index contributed by atoms with van der Waals surface area (Å²) in [5.41, 5.74) is 9.73. The summed E-state index contributed by atoms with van der Waals surface area (Å²) < 4.78 is 5.98. The topological polar surface area (TPSA) is 58.8 Å². The molecule has 0 spiro atoms. The number of nitrogens with two attached hydrogens (primary N) is 1. The number of halogens is 1. The smallest absolute Gasteiger partial charge is 0.239 e. The van der Waals surface area contributed by atoms with Crippen LogP contribution in [-0.2, 0) is 11.4 Å². The van der Waals surface area contributed by atoms with E-state index in [0.29, 0.717) is 19.1 Å². The first kappa shape index (κ1) is 27.1. The van der Waals surface area contributed by atoms with Crippen LogP contribution in [0.5, 0.6) is 5.75 Å². The molecule has 1 aliphatic rings. The molecule has 0 aromatic heterocycles. The van der Waals surface area contributed by atoms with Gasteiger partial charge < -0.3 is 20.3 Å². The quantitative estimate of drug-likeness (QED) is 0.405. The van der Waals surface area contributed by atoms with E-state index in [-0.39, 0.29) is 11.9 Å². The van der Waals surface area contributed by atoms with Crippen LogP contribution in [0.25, 0.3) is 0 Å². The third kappa shape index (κ3) is 8.29. The van der Waals surface area contributed by atoms with E-state index < -0.39 is 6.04 Å². The molecule has 2 N–H and O–H groups in total. The van der Waals surface area contributed by atoms with Crippen molar-refractivity contribution < 1.29 is 9.53 Å². The zero-order valence-electron chi connectivity index (χ0n) is 21.5. The molecule has 2 atom stereocenters. The maximum Gasteiger partial charge on any atom is 0.239 e. The molecule has 1 saturated heterocycles. The molecule has 2 aromatic carbocycles. The highest BCUT2D eigenvalue weighted by Crippen LogP contribution is 2.26. The van der Waals surface area contributed by atoms with Crippen molar-refractivity contribution in [3.63, 3.8) is 0 Å². The van der Waals surface area contributed by atoms with E-state index in [1.54, 1.807) is 0 Å². The number of nitrogens with zero attached hydrogens (tertiary/aromatic N) is 2. The molecule has 1 amide bonds. The largest absolute Gasteiger partial charge is 0.489 e. The number of piperidine rings is 1. The van der Waals surface area contributed by atoms with E-state index in [1.807, 2.05) is 41.3 Å². The highest BCUT2D eigenvalue weighted by atomic mass is 35.5. The van der Waals surface area contributed by atoms with Gasteiger partial charge in [0, 0.05) is 36.4 Å². The number of hydrogen-bond donors (Lipinski definition) is 1. The van der Waals surface area contributed by atoms with Crippen molar-refractivity contribution in [3.8, 4) is 5.75 Å². The van der Waals surface area contributed by atoms with Gasteiger partial charge in [-0.2, -0.15) is 0 Å². The van der Waals surface area contributed by atoms with Crippen LogP contribution in [0.2, 0.25) is 5.02 Å². The number of anilines is 1. The predicted molar refractivity (Wildman–Crippen MR) is 146 cm³/mol. The number of hydrogen-bond acceptors (Lipinski definition) is 4. The van der Waals surface area contributed by atoms with Crippen molar-refractivity contribution in [2.45, 2.75) is 65.6 Å². The number of ether oxygens (including phenoxy) is 1. The van der Waals surface area contributed by atoms with E-state index in [0.717, 1.165) is 54.4 Å². The van der Waals surface area contributed by atoms with Gasteiger partial charge in [-0.3, -0.25) is 4.79 Å². The Hall–Kier alpha value is -2.50. The lowest BCUT2D eigenvalue weighted by atomic mass is 9.99. The maximum absolute atomic E-state index is 13.0. The summed E-state index contributed by atoms with van der Waals surface area (Å²) >= 11 is 5.97. The van der Waals surface area contributed by atoms with Gasteiger partial charge in [-0.1, -0.05) is 49.2 Å². The first-order chi connectivity index (χ1) is 16.7. The second-order valence-electron chi connectivity index (χ2n) is 10.2. The fourth-order valence-corrected chi connectivity index (χ4v) is 4.61. The lowest BCUT2D eigenvalue weighted by Gasteiger charge is -2.41. The molecule has 1 aliphatic heterocycles. The zero-order chi connectivity index (χ0) is 25.4. The molecule has 0 saturated carbocycles. The van der Waals surface area contributed by atoms with Crippen molar-refractivity contribution >= 4 is 23.2 Å². The summed E-state index contributed by atoms with van der Waals surface area (Å²) in [6.45, 7) is 11.2. The first-order valence-electron chi connectivity index (χ1n) is 12.6. The molecule has 35 heavy (non-hydrogen) atoms. The van der Waals surface area contributed by atoms with Gasteiger partial charge in [-0.25, -0.2) is 0 Å². The fraction of sp³-hybridized carbons (Fsp3) is 0.483. The molecular formula is C29H40ClN3O2. The van der Waals surface area contributed by atoms with Crippen molar-refractivity contribution in [2.24, 2.45) is 11.7 Å². The Bertz CT molecular complexity index is 968. The molecule has 190 valence electrons. The summed E-state index contributed by atoms with van der Waals surface area (Å²) in [4.78, 5) is 17.4. The molecule has 6 heteroatoms. The molecule has 0 aliphatic carbocycles. The Labute approximate surface area is 215 Å². The second-order valence-corrected chi connectivity index (χ2v) is 10.6. The standard InChI is InChI=1S/C29H40ClN3O2/c1-21(2)15-17-33(26-6-5-16-32(19-26)29(34)28(31)18-22(3)4)25-11-13-27(14-12-25)35-20-23-7-9-24(30)10-8-23/h7-15,22,26,28H,5-6,16-20,31H2,1-4H3/t26-,28?/m0/s1. The van der Waals surface area contributed by atoms with Gasteiger partial charge in [-0.15, -0.1) is 0 Å². The van der Waals surface area contributed by atoms with Crippen LogP contribution in [0.1, 0.15) is 52.5 Å². The number of benzene rings is 2. The summed E-state index contributed by atoms with van der Waals surface area (Å²) in [7, 11) is 0. The van der Waals surface area contributed by atoms with Crippen LogP contribution in [0, 0.1) is 5.92 Å². The van der Waals surface area contributed by atoms with E-state index in [4.69, 9.17) is 22.1 Å². The fourth-order valence-electron chi connectivity index (χ4n) is 4.48. The number of allylic oxidation sites excluding steroid dienone is 1. The van der Waals surface area contributed by atoms with Crippen molar-refractivity contribution in [2.75, 3.05) is 24.5 Å². The Morgan fingerprint density at radius 3 is 2.49 bits per heavy atom. The van der Waals surface area contributed by atoms with E-state index in [9.17, 15) is 4.79 Å². The van der Waals surface area contributed by atoms with Crippen LogP contribution in [0.15, 0.2) is 60.2 Å². The number of amides is 1. The average molecular weight is 498 g/mol. The average Bonchev–Trinajstić information content (AvgIpc) is 2.83. The minimum Gasteiger partial charge on any atom is -0.489 e. The number of carbonyl (C=O) groups is 1. The SMILES string of the molecule is CC(C)=CCN(c1ccc(OCc2ccc(Cl)cc2)cc1)[C@H]1CCCN(C(=O)C(N)CC(C)C)C1. The van der Waals surface area contributed by atoms with Gasteiger partial charge in [0.15, 0.2) is 0 Å². The molecule has 1 heterocycles. The van der Waals surface area contributed by atoms with Gasteiger partial charge in [0.1, 0.15) is 12.4 Å². The Morgan fingerprint density at radius 2 is 1.86 bits per heavy atom. The third-order valence-electron chi connectivity index (χ3n) is 6.37. The van der Waals surface area contributed by atoms with Gasteiger partial charge in [0.2, 0.25) is 5.91 Å². The lowest BCUT2D eigenvalue weighted by Crippen LogP contribution is -2.54. The first-order valence-corrected chi connectivity index (χ1v) is 13.0. The van der Waals surface area contributed by atoms with Crippen molar-refractivity contribution in [3.05, 3.63) is 70.8 Å². The Morgan fingerprint density at radius 1 is 1.17 bits per heavy atom. The number of carbonyl (C=O) groups excluding carboxylic acids is 1. The number of rotatable bonds is 10. The lowest BCUT2D eigenvalue weighted by molar-refractivity contribution is -0.134. The van der Waals surface area contributed by atoms with Crippen LogP contribution >= 0.6 is 11.6 Å². The van der Waals surface area contributed by atoms with Crippen molar-refractivity contribution in [1.29, 1.82) is 0 Å². The maximum atomic E-state index is 13.0. The van der Waals surface area contributed by atoms with Crippen LogP contribution in [0.4, 0.5) is 5.69 Å². The zero-order valence-corrected chi connectivity index (χ0v) is 22.3. The summed E-state index contributed by atoms with van der Waals surface area (Å²) in [5.74, 6) is 1.31. The summed E-state index contributed by atoms with van der Waals surface area (Å²) in [6.07, 6.45) is 5.00. The van der Waals surface area contributed by atoms with Gasteiger partial charge in [0.05, 0.1) is 6.04 Å². The minimum atomic E-state index is -0.419.